The number of fused-ring (bicyclic) bond motifs is 5. The SMILES string of the molecule is CC(C)(C)[Si](C)(C)Oc1ccc2c(c1)CC[C@@H]1[C@@H]2CC[C@]2(C)[C@@H](O)[C@@H](CCCCCCCCCCCCOC3CCCCO3)C[C@@H]12. The Morgan fingerprint density at radius 2 is 1.61 bits per heavy atom. The van der Waals surface area contributed by atoms with E-state index in [-0.39, 0.29) is 22.8 Å². The number of aliphatic hydroxyl groups is 1. The van der Waals surface area contributed by atoms with Crippen LogP contribution in [0.1, 0.15) is 160 Å². The van der Waals surface area contributed by atoms with Crippen molar-refractivity contribution in [2.24, 2.45) is 23.2 Å². The number of rotatable bonds is 16. The summed E-state index contributed by atoms with van der Waals surface area (Å²) in [7, 11) is -1.84. The van der Waals surface area contributed by atoms with E-state index in [9.17, 15) is 5.11 Å². The van der Waals surface area contributed by atoms with E-state index < -0.39 is 8.32 Å². The third-order valence-corrected chi connectivity index (χ3v) is 17.8. The van der Waals surface area contributed by atoms with Crippen LogP contribution in [0.3, 0.4) is 0 Å². The topological polar surface area (TPSA) is 47.9 Å². The quantitative estimate of drug-likeness (QED) is 0.142. The number of aliphatic hydroxyl groups excluding tert-OH is 1. The lowest BCUT2D eigenvalue weighted by atomic mass is 9.55. The first-order valence-electron chi connectivity index (χ1n) is 19.7. The molecule has 3 fully saturated rings. The molecule has 1 heterocycles. The van der Waals surface area contributed by atoms with Gasteiger partial charge in [-0.15, -0.1) is 0 Å². The van der Waals surface area contributed by atoms with Crippen LogP contribution in [0, 0.1) is 23.2 Å². The highest BCUT2D eigenvalue weighted by Gasteiger charge is 2.57. The van der Waals surface area contributed by atoms with Gasteiger partial charge in [-0.1, -0.05) is 91.5 Å². The van der Waals surface area contributed by atoms with E-state index in [0.717, 1.165) is 31.3 Å². The van der Waals surface area contributed by atoms with Gasteiger partial charge in [0.2, 0.25) is 8.32 Å². The van der Waals surface area contributed by atoms with Gasteiger partial charge in [0.25, 0.3) is 0 Å². The lowest BCUT2D eigenvalue weighted by Crippen LogP contribution is -2.44. The average molecular weight is 655 g/mol. The van der Waals surface area contributed by atoms with E-state index in [1.165, 1.54) is 121 Å². The molecule has 1 unspecified atom stereocenters. The van der Waals surface area contributed by atoms with Crippen LogP contribution in [-0.4, -0.2) is 39.0 Å². The Bertz CT molecular complexity index is 1070. The van der Waals surface area contributed by atoms with E-state index in [2.05, 4.69) is 59.0 Å². The van der Waals surface area contributed by atoms with E-state index in [0.29, 0.717) is 17.8 Å². The van der Waals surface area contributed by atoms with Crippen LogP contribution in [0.2, 0.25) is 18.1 Å². The number of unbranched alkanes of at least 4 members (excludes halogenated alkanes) is 9. The Kier molecular flexibility index (Phi) is 12.8. The van der Waals surface area contributed by atoms with Gasteiger partial charge in [0.1, 0.15) is 5.75 Å². The minimum absolute atomic E-state index is 0.0723. The third kappa shape index (κ3) is 8.82. The van der Waals surface area contributed by atoms with Crippen LogP contribution >= 0.6 is 0 Å². The van der Waals surface area contributed by atoms with Crippen LogP contribution in [0.25, 0.3) is 0 Å². The molecular weight excluding hydrogens is 585 g/mol. The molecule has 4 nitrogen and oxygen atoms in total. The number of hydrogen-bond acceptors (Lipinski definition) is 4. The van der Waals surface area contributed by atoms with Crippen molar-refractivity contribution in [1.29, 1.82) is 0 Å². The fraction of sp³-hybridized carbons (Fsp3) is 0.854. The van der Waals surface area contributed by atoms with Crippen LogP contribution < -0.4 is 4.43 Å². The second kappa shape index (κ2) is 16.2. The lowest BCUT2D eigenvalue weighted by molar-refractivity contribution is -0.162. The van der Waals surface area contributed by atoms with E-state index in [4.69, 9.17) is 13.9 Å². The molecule has 5 rings (SSSR count). The number of ether oxygens (including phenoxy) is 2. The summed E-state index contributed by atoms with van der Waals surface area (Å²) >= 11 is 0. The third-order valence-electron chi connectivity index (χ3n) is 13.4. The Morgan fingerprint density at radius 1 is 0.913 bits per heavy atom. The first kappa shape index (κ1) is 36.4. The fourth-order valence-corrected chi connectivity index (χ4v) is 10.5. The highest BCUT2D eigenvalue weighted by atomic mass is 28.4. The molecule has 4 aliphatic rings. The first-order chi connectivity index (χ1) is 22.0. The second-order valence-electron chi connectivity index (χ2n) is 17.6. The summed E-state index contributed by atoms with van der Waals surface area (Å²) < 4.78 is 18.2. The minimum atomic E-state index is -1.84. The van der Waals surface area contributed by atoms with Crippen LogP contribution in [0.5, 0.6) is 5.75 Å². The highest BCUT2D eigenvalue weighted by Crippen LogP contribution is 2.63. The van der Waals surface area contributed by atoms with Gasteiger partial charge in [-0.3, -0.25) is 0 Å². The molecule has 46 heavy (non-hydrogen) atoms. The summed E-state index contributed by atoms with van der Waals surface area (Å²) in [6, 6.07) is 7.08. The zero-order valence-electron chi connectivity index (χ0n) is 30.7. The van der Waals surface area contributed by atoms with E-state index in [1.807, 2.05) is 0 Å². The van der Waals surface area contributed by atoms with Gasteiger partial charge in [-0.25, -0.2) is 0 Å². The summed E-state index contributed by atoms with van der Waals surface area (Å²) in [5.41, 5.74) is 3.24. The van der Waals surface area contributed by atoms with Gasteiger partial charge in [0, 0.05) is 13.2 Å². The maximum atomic E-state index is 11.7. The Morgan fingerprint density at radius 3 is 2.28 bits per heavy atom. The Labute approximate surface area is 284 Å². The van der Waals surface area contributed by atoms with E-state index in [1.54, 1.807) is 5.56 Å². The number of benzene rings is 1. The molecule has 3 aliphatic carbocycles. The van der Waals surface area contributed by atoms with Gasteiger partial charge in [-0.2, -0.15) is 0 Å². The van der Waals surface area contributed by atoms with Gasteiger partial charge in [0.05, 0.1) is 6.10 Å². The summed E-state index contributed by atoms with van der Waals surface area (Å²) in [6.45, 7) is 15.8. The molecule has 0 amide bonds. The molecule has 7 atom stereocenters. The monoisotopic (exact) mass is 655 g/mol. The maximum Gasteiger partial charge on any atom is 0.250 e. The summed E-state index contributed by atoms with van der Waals surface area (Å²) in [5, 5.41) is 11.9. The van der Waals surface area contributed by atoms with E-state index >= 15 is 0 Å². The van der Waals surface area contributed by atoms with Gasteiger partial charge in [0.15, 0.2) is 6.29 Å². The maximum absolute atomic E-state index is 11.7. The van der Waals surface area contributed by atoms with Gasteiger partial charge < -0.3 is 19.0 Å². The molecule has 2 saturated carbocycles. The van der Waals surface area contributed by atoms with Crippen molar-refractivity contribution >= 4 is 8.32 Å². The fourth-order valence-electron chi connectivity index (χ4n) is 9.48. The Balaban J connectivity index is 0.981. The zero-order valence-corrected chi connectivity index (χ0v) is 31.7. The average Bonchev–Trinajstić information content (AvgIpc) is 3.28. The van der Waals surface area contributed by atoms with Crippen LogP contribution in [0.4, 0.5) is 0 Å². The van der Waals surface area contributed by atoms with Crippen molar-refractivity contribution in [1.82, 2.24) is 0 Å². The number of aryl methyl sites for hydroxylation is 1. The molecule has 0 radical (unpaired) electrons. The van der Waals surface area contributed by atoms with Crippen molar-refractivity contribution < 1.29 is 19.0 Å². The predicted octanol–water partition coefficient (Wildman–Crippen LogP) is 11.3. The highest BCUT2D eigenvalue weighted by molar-refractivity contribution is 6.74. The van der Waals surface area contributed by atoms with Crippen molar-refractivity contribution in [3.8, 4) is 5.75 Å². The van der Waals surface area contributed by atoms with Crippen molar-refractivity contribution in [2.45, 2.75) is 186 Å². The summed E-state index contributed by atoms with van der Waals surface area (Å²) in [4.78, 5) is 0. The molecule has 5 heteroatoms. The molecule has 262 valence electrons. The molecule has 1 N–H and O–H groups in total. The Hall–Kier alpha value is -0.883. The van der Waals surface area contributed by atoms with Gasteiger partial charge >= 0.3 is 0 Å². The zero-order chi connectivity index (χ0) is 32.8. The van der Waals surface area contributed by atoms with Gasteiger partial charge in [-0.05, 0) is 135 Å². The summed E-state index contributed by atoms with van der Waals surface area (Å²) in [5.74, 6) is 3.66. The second-order valence-corrected chi connectivity index (χ2v) is 22.3. The first-order valence-corrected chi connectivity index (χ1v) is 22.6. The standard InChI is InChI=1S/C41H70O4Si/c1-40(2,3)46(5,6)45-33-22-24-34-31(29-33)21-23-36-35(34)25-26-41(4)37(36)30-32(39(41)42)19-15-13-11-9-7-8-10-12-14-17-27-43-38-20-16-18-28-44-38/h22,24,29,32,35-39,42H,7-21,23,25-28,30H2,1-6H3/t32-,35+,36+,37-,38?,39-,41-/m0/s1. The predicted molar refractivity (Wildman–Crippen MR) is 194 cm³/mol. The molecule has 1 aromatic rings. The smallest absolute Gasteiger partial charge is 0.250 e. The minimum Gasteiger partial charge on any atom is -0.543 e. The van der Waals surface area contributed by atoms with Crippen LogP contribution in [0.15, 0.2) is 18.2 Å². The molecule has 0 bridgehead atoms. The molecule has 0 spiro atoms. The molecule has 1 aromatic carbocycles. The van der Waals surface area contributed by atoms with Crippen molar-refractivity contribution in [3.63, 3.8) is 0 Å². The largest absolute Gasteiger partial charge is 0.543 e. The molecular formula is C41H70O4Si. The lowest BCUT2D eigenvalue weighted by Gasteiger charge is -2.50. The molecule has 1 aliphatic heterocycles. The van der Waals surface area contributed by atoms with Crippen LogP contribution in [-0.2, 0) is 15.9 Å². The van der Waals surface area contributed by atoms with Crippen molar-refractivity contribution in [2.75, 3.05) is 13.2 Å². The summed E-state index contributed by atoms with van der Waals surface area (Å²) in [6.07, 6.45) is 24.1. The molecule has 1 saturated heterocycles. The normalized spacial score (nSPS) is 31.3. The van der Waals surface area contributed by atoms with Crippen molar-refractivity contribution in [3.05, 3.63) is 29.3 Å². The number of hydrogen-bond donors (Lipinski definition) is 1. The molecule has 0 aromatic heterocycles.